The number of carbonyl (C=O) groups excluding carboxylic acids is 2. The van der Waals surface area contributed by atoms with Gasteiger partial charge in [-0.3, -0.25) is 20.2 Å². The molecule has 1 aromatic carbocycles. The number of halogens is 3. The Morgan fingerprint density at radius 1 is 1.38 bits per heavy atom. The van der Waals surface area contributed by atoms with Gasteiger partial charge in [-0.05, 0) is 6.07 Å². The number of amides is 3. The molecule has 0 radical (unpaired) electrons. The average molecular weight is 307 g/mol. The number of hydrogen-bond donors (Lipinski definition) is 2. The lowest BCUT2D eigenvalue weighted by atomic mass is 10.1. The molecular formula is C10H8F3N3O5. The van der Waals surface area contributed by atoms with Crippen molar-refractivity contribution < 1.29 is 32.4 Å². The number of nitrogens with zero attached hydrogens (tertiary/aromatic N) is 1. The highest BCUT2D eigenvalue weighted by Crippen LogP contribution is 2.38. The van der Waals surface area contributed by atoms with Crippen LogP contribution in [0.4, 0.5) is 23.7 Å². The van der Waals surface area contributed by atoms with Gasteiger partial charge in [-0.25, -0.2) is 4.79 Å². The summed E-state index contributed by atoms with van der Waals surface area (Å²) < 4.78 is 42.8. The van der Waals surface area contributed by atoms with Crippen LogP contribution in [0.3, 0.4) is 0 Å². The van der Waals surface area contributed by atoms with Crippen molar-refractivity contribution in [3.8, 4) is 5.75 Å². The van der Waals surface area contributed by atoms with Crippen LogP contribution in [0.2, 0.25) is 0 Å². The molecule has 0 atom stereocenters. The van der Waals surface area contributed by atoms with Crippen LogP contribution < -0.4 is 15.8 Å². The van der Waals surface area contributed by atoms with Crippen LogP contribution in [0.1, 0.15) is 5.56 Å². The second-order valence-corrected chi connectivity index (χ2v) is 3.64. The largest absolute Gasteiger partial charge is 0.483 e. The number of benzene rings is 1. The number of non-ortho nitro benzene ring substituents is 1. The number of hydrogen-bond acceptors (Lipinski definition) is 5. The first-order valence-electron chi connectivity index (χ1n) is 5.19. The normalized spacial score (nSPS) is 10.8. The topological polar surface area (TPSA) is 125 Å². The molecule has 0 fully saturated rings. The number of urea groups is 1. The predicted molar refractivity (Wildman–Crippen MR) is 61.3 cm³/mol. The van der Waals surface area contributed by atoms with Crippen molar-refractivity contribution in [3.63, 3.8) is 0 Å². The summed E-state index contributed by atoms with van der Waals surface area (Å²) in [5.74, 6) is -1.85. The molecule has 0 saturated heterocycles. The summed E-state index contributed by atoms with van der Waals surface area (Å²) in [4.78, 5) is 30.8. The third-order valence-corrected chi connectivity index (χ3v) is 2.10. The number of rotatable bonds is 4. The van der Waals surface area contributed by atoms with Crippen molar-refractivity contribution in [2.45, 2.75) is 6.18 Å². The molecule has 21 heavy (non-hydrogen) atoms. The molecule has 1 rings (SSSR count). The highest BCUT2D eigenvalue weighted by molar-refractivity contribution is 5.94. The van der Waals surface area contributed by atoms with Crippen LogP contribution >= 0.6 is 0 Å². The highest BCUT2D eigenvalue weighted by atomic mass is 19.4. The number of nitro groups is 1. The van der Waals surface area contributed by atoms with Crippen molar-refractivity contribution in [2.75, 3.05) is 6.61 Å². The summed E-state index contributed by atoms with van der Waals surface area (Å²) in [7, 11) is 0. The van der Waals surface area contributed by atoms with Gasteiger partial charge in [0.1, 0.15) is 11.3 Å². The van der Waals surface area contributed by atoms with Gasteiger partial charge in [0.05, 0.1) is 4.92 Å². The Hall–Kier alpha value is -2.85. The van der Waals surface area contributed by atoms with E-state index in [0.29, 0.717) is 6.07 Å². The zero-order chi connectivity index (χ0) is 16.2. The minimum absolute atomic E-state index is 0.279. The summed E-state index contributed by atoms with van der Waals surface area (Å²) in [5, 5.41) is 12.0. The van der Waals surface area contributed by atoms with Gasteiger partial charge in [-0.15, -0.1) is 0 Å². The molecule has 8 nitrogen and oxygen atoms in total. The quantitative estimate of drug-likeness (QED) is 0.638. The lowest BCUT2D eigenvalue weighted by Crippen LogP contribution is -2.38. The van der Waals surface area contributed by atoms with Crippen LogP contribution in [0.25, 0.3) is 0 Å². The third-order valence-electron chi connectivity index (χ3n) is 2.10. The monoisotopic (exact) mass is 307 g/mol. The Balaban J connectivity index is 2.99. The molecule has 0 spiro atoms. The van der Waals surface area contributed by atoms with Gasteiger partial charge in [-0.2, -0.15) is 13.2 Å². The summed E-state index contributed by atoms with van der Waals surface area (Å²) in [6, 6.07) is 0.583. The minimum Gasteiger partial charge on any atom is -0.483 e. The molecule has 0 heterocycles. The fourth-order valence-electron chi connectivity index (χ4n) is 1.30. The number of nitro benzene ring substituents is 1. The van der Waals surface area contributed by atoms with E-state index in [1.54, 1.807) is 5.32 Å². The van der Waals surface area contributed by atoms with Crippen molar-refractivity contribution in [1.29, 1.82) is 0 Å². The number of carbonyl (C=O) groups is 2. The number of primary amides is 1. The van der Waals surface area contributed by atoms with E-state index in [9.17, 15) is 32.9 Å². The first-order valence-corrected chi connectivity index (χ1v) is 5.19. The maximum atomic E-state index is 12.7. The first kappa shape index (κ1) is 16.2. The Morgan fingerprint density at radius 2 is 2.00 bits per heavy atom. The number of alkyl halides is 3. The van der Waals surface area contributed by atoms with Crippen molar-refractivity contribution in [1.82, 2.24) is 5.32 Å². The van der Waals surface area contributed by atoms with Crippen molar-refractivity contribution in [3.05, 3.63) is 33.9 Å². The molecule has 3 N–H and O–H groups in total. The van der Waals surface area contributed by atoms with Gasteiger partial charge in [0, 0.05) is 12.1 Å². The Bertz CT molecular complexity index is 588. The summed E-state index contributed by atoms with van der Waals surface area (Å²) in [6.07, 6.45) is -4.92. The first-order chi connectivity index (χ1) is 9.61. The zero-order valence-corrected chi connectivity index (χ0v) is 10.1. The molecule has 1 aromatic rings. The maximum absolute atomic E-state index is 12.7. The van der Waals surface area contributed by atoms with Crippen LogP contribution in [0.15, 0.2) is 18.2 Å². The zero-order valence-electron chi connectivity index (χ0n) is 10.1. The lowest BCUT2D eigenvalue weighted by Gasteiger charge is -2.13. The summed E-state index contributed by atoms with van der Waals surface area (Å²) in [5.41, 5.74) is 2.44. The predicted octanol–water partition coefficient (Wildman–Crippen LogP) is 1.19. The van der Waals surface area contributed by atoms with Crippen LogP contribution in [0.5, 0.6) is 5.75 Å². The van der Waals surface area contributed by atoms with E-state index < -0.39 is 46.6 Å². The van der Waals surface area contributed by atoms with E-state index >= 15 is 0 Å². The molecule has 11 heteroatoms. The highest BCUT2D eigenvalue weighted by Gasteiger charge is 2.36. The molecular weight excluding hydrogens is 299 g/mol. The van der Waals surface area contributed by atoms with E-state index in [2.05, 4.69) is 10.5 Å². The number of nitrogens with two attached hydrogens (primary N) is 1. The van der Waals surface area contributed by atoms with E-state index in [1.807, 2.05) is 0 Å². The summed E-state index contributed by atoms with van der Waals surface area (Å²) in [6.45, 7) is -0.913. The van der Waals surface area contributed by atoms with Crippen LogP contribution in [-0.4, -0.2) is 23.5 Å². The molecule has 0 aromatic heterocycles. The molecule has 0 aliphatic heterocycles. The maximum Gasteiger partial charge on any atom is 0.420 e. The Labute approximate surface area is 114 Å². The standard InChI is InChI=1S/C10H8F3N3O5/c11-10(12,13)6-3-5(16(19)20)1-2-7(6)21-4-8(17)15-9(14)18/h1-3H,4H2,(H3,14,15,17,18). The van der Waals surface area contributed by atoms with Gasteiger partial charge >= 0.3 is 12.2 Å². The SMILES string of the molecule is NC(=O)NC(=O)COc1ccc([N+](=O)[O-])cc1C(F)(F)F. The van der Waals surface area contributed by atoms with E-state index in [1.165, 1.54) is 0 Å². The lowest BCUT2D eigenvalue weighted by molar-refractivity contribution is -0.385. The molecule has 0 bridgehead atoms. The molecule has 0 aliphatic rings. The molecule has 3 amide bonds. The fourth-order valence-corrected chi connectivity index (χ4v) is 1.30. The van der Waals surface area contributed by atoms with Gasteiger partial charge in [0.15, 0.2) is 6.61 Å². The van der Waals surface area contributed by atoms with Crippen LogP contribution in [0, 0.1) is 10.1 Å². The summed E-state index contributed by atoms with van der Waals surface area (Å²) >= 11 is 0. The van der Waals surface area contributed by atoms with Gasteiger partial charge in [0.25, 0.3) is 11.6 Å². The Kier molecular flexibility index (Phi) is 4.68. The molecule has 0 unspecified atom stereocenters. The van der Waals surface area contributed by atoms with Crippen LogP contribution in [-0.2, 0) is 11.0 Å². The number of imide groups is 1. The van der Waals surface area contributed by atoms with Crippen molar-refractivity contribution >= 4 is 17.6 Å². The molecule has 0 aliphatic carbocycles. The van der Waals surface area contributed by atoms with Crippen molar-refractivity contribution in [2.24, 2.45) is 5.73 Å². The number of nitrogens with one attached hydrogen (secondary N) is 1. The van der Waals surface area contributed by atoms with E-state index in [4.69, 9.17) is 0 Å². The third kappa shape index (κ3) is 4.63. The average Bonchev–Trinajstić information content (AvgIpc) is 2.34. The van der Waals surface area contributed by atoms with E-state index in [0.717, 1.165) is 6.07 Å². The van der Waals surface area contributed by atoms with Gasteiger partial charge in [0.2, 0.25) is 0 Å². The second-order valence-electron chi connectivity index (χ2n) is 3.64. The Morgan fingerprint density at radius 3 is 2.48 bits per heavy atom. The molecule has 0 saturated carbocycles. The number of ether oxygens (including phenoxy) is 1. The smallest absolute Gasteiger partial charge is 0.420 e. The van der Waals surface area contributed by atoms with Gasteiger partial charge < -0.3 is 10.5 Å². The second kappa shape index (κ2) is 6.07. The fraction of sp³-hybridized carbons (Fsp3) is 0.200. The van der Waals surface area contributed by atoms with Gasteiger partial charge in [-0.1, -0.05) is 0 Å². The molecule has 114 valence electrons. The van der Waals surface area contributed by atoms with E-state index in [-0.39, 0.29) is 6.07 Å². The minimum atomic E-state index is -4.92.